The molecular formula is C28H31BrO5. The van der Waals surface area contributed by atoms with E-state index in [0.29, 0.717) is 19.8 Å². The monoisotopic (exact) mass is 526 g/mol. The van der Waals surface area contributed by atoms with Crippen LogP contribution in [0.5, 0.6) is 0 Å². The predicted molar refractivity (Wildman–Crippen MR) is 134 cm³/mol. The van der Waals surface area contributed by atoms with E-state index in [4.69, 9.17) is 14.2 Å². The molecule has 0 bridgehead atoms. The molecule has 180 valence electrons. The van der Waals surface area contributed by atoms with Crippen LogP contribution in [0.15, 0.2) is 91.0 Å². The third-order valence-electron chi connectivity index (χ3n) is 6.17. The average Bonchev–Trinajstić information content (AvgIpc) is 2.88. The van der Waals surface area contributed by atoms with Crippen LogP contribution in [0.25, 0.3) is 0 Å². The molecule has 0 heterocycles. The summed E-state index contributed by atoms with van der Waals surface area (Å²) in [6.45, 7) is 1.33. The van der Waals surface area contributed by atoms with Crippen molar-refractivity contribution in [1.29, 1.82) is 0 Å². The van der Waals surface area contributed by atoms with Crippen LogP contribution in [0.4, 0.5) is 0 Å². The second-order valence-corrected chi connectivity index (χ2v) is 9.67. The van der Waals surface area contributed by atoms with Gasteiger partial charge >= 0.3 is 0 Å². The highest BCUT2D eigenvalue weighted by atomic mass is 79.9. The first kappa shape index (κ1) is 25.0. The largest absolute Gasteiger partial charge is 0.391 e. The Kier molecular flexibility index (Phi) is 9.27. The highest BCUT2D eigenvalue weighted by Gasteiger charge is 2.50. The van der Waals surface area contributed by atoms with Crippen molar-refractivity contribution in [3.05, 3.63) is 108 Å². The van der Waals surface area contributed by atoms with Gasteiger partial charge < -0.3 is 24.4 Å². The Hall–Kier alpha value is -2.06. The lowest BCUT2D eigenvalue weighted by molar-refractivity contribution is -0.196. The molecule has 0 unspecified atom stereocenters. The van der Waals surface area contributed by atoms with Gasteiger partial charge in [-0.15, -0.1) is 0 Å². The number of hydrogen-bond donors (Lipinski definition) is 2. The highest BCUT2D eigenvalue weighted by Crippen LogP contribution is 2.35. The van der Waals surface area contributed by atoms with E-state index in [1.54, 1.807) is 0 Å². The van der Waals surface area contributed by atoms with Gasteiger partial charge in [0.05, 0.1) is 43.5 Å². The van der Waals surface area contributed by atoms with Gasteiger partial charge in [0.15, 0.2) is 0 Å². The predicted octanol–water partition coefficient (Wildman–Crippen LogP) is 4.49. The maximum atomic E-state index is 11.3. The van der Waals surface area contributed by atoms with Gasteiger partial charge in [0.25, 0.3) is 0 Å². The summed E-state index contributed by atoms with van der Waals surface area (Å²) in [6.07, 6.45) is -3.05. The number of halogens is 1. The molecule has 0 spiro atoms. The van der Waals surface area contributed by atoms with Crippen molar-refractivity contribution in [2.75, 3.05) is 6.61 Å². The van der Waals surface area contributed by atoms with Crippen LogP contribution in [0.1, 0.15) is 16.7 Å². The van der Waals surface area contributed by atoms with Gasteiger partial charge in [-0.2, -0.15) is 0 Å². The molecule has 1 aliphatic carbocycles. The third-order valence-corrected chi connectivity index (χ3v) is 7.23. The standard InChI is InChI=1S/C28H31BrO5/c29-24-25(30)23(19-32-16-20-10-4-1-5-11-20)27(33-17-21-12-6-2-7-13-21)26(31)28(24)34-18-22-14-8-3-9-15-22/h1-15,23-28,30-31H,16-19H2/t23-,24-,25+,26-,27+,28-/m0/s1. The van der Waals surface area contributed by atoms with Crippen molar-refractivity contribution in [2.24, 2.45) is 5.92 Å². The number of benzene rings is 3. The summed E-state index contributed by atoms with van der Waals surface area (Å²) in [6, 6.07) is 29.5. The van der Waals surface area contributed by atoms with Crippen LogP contribution in [-0.2, 0) is 34.0 Å². The van der Waals surface area contributed by atoms with Crippen LogP contribution in [-0.4, -0.2) is 46.1 Å². The maximum absolute atomic E-state index is 11.3. The van der Waals surface area contributed by atoms with Crippen LogP contribution >= 0.6 is 15.9 Å². The van der Waals surface area contributed by atoms with Crippen molar-refractivity contribution in [1.82, 2.24) is 0 Å². The van der Waals surface area contributed by atoms with Crippen LogP contribution in [0.3, 0.4) is 0 Å². The molecule has 1 fully saturated rings. The quantitative estimate of drug-likeness (QED) is 0.381. The molecule has 3 aromatic rings. The zero-order chi connectivity index (χ0) is 23.8. The Labute approximate surface area is 209 Å². The fourth-order valence-electron chi connectivity index (χ4n) is 4.28. The van der Waals surface area contributed by atoms with Crippen molar-refractivity contribution in [3.8, 4) is 0 Å². The number of aliphatic hydroxyl groups excluding tert-OH is 2. The molecule has 6 heteroatoms. The Balaban J connectivity index is 1.46. The fraction of sp³-hybridized carbons (Fsp3) is 0.357. The molecule has 3 aromatic carbocycles. The summed E-state index contributed by atoms with van der Waals surface area (Å²) >= 11 is 3.59. The van der Waals surface area contributed by atoms with E-state index in [9.17, 15) is 10.2 Å². The Morgan fingerprint density at radius 2 is 1.03 bits per heavy atom. The van der Waals surface area contributed by atoms with E-state index in [1.807, 2.05) is 91.0 Å². The van der Waals surface area contributed by atoms with Gasteiger partial charge in [0, 0.05) is 5.92 Å². The Morgan fingerprint density at radius 3 is 1.53 bits per heavy atom. The van der Waals surface area contributed by atoms with Gasteiger partial charge in [-0.1, -0.05) is 107 Å². The Morgan fingerprint density at radius 1 is 0.588 bits per heavy atom. The van der Waals surface area contributed by atoms with Crippen molar-refractivity contribution in [2.45, 2.75) is 49.1 Å². The second-order valence-electron chi connectivity index (χ2n) is 8.61. The molecule has 0 aliphatic heterocycles. The maximum Gasteiger partial charge on any atom is 0.108 e. The fourth-order valence-corrected chi connectivity index (χ4v) is 5.14. The Bertz CT molecular complexity index is 972. The van der Waals surface area contributed by atoms with Gasteiger partial charge in [-0.05, 0) is 16.7 Å². The van der Waals surface area contributed by atoms with E-state index in [0.717, 1.165) is 16.7 Å². The molecule has 4 rings (SSSR count). The second kappa shape index (κ2) is 12.6. The number of ether oxygens (including phenoxy) is 3. The molecule has 1 aliphatic rings. The summed E-state index contributed by atoms with van der Waals surface area (Å²) in [7, 11) is 0. The minimum atomic E-state index is -0.939. The van der Waals surface area contributed by atoms with E-state index in [2.05, 4.69) is 15.9 Å². The summed E-state index contributed by atoms with van der Waals surface area (Å²) in [5, 5.41) is 22.5. The molecular weight excluding hydrogens is 496 g/mol. The molecule has 0 radical (unpaired) electrons. The van der Waals surface area contributed by atoms with Gasteiger partial charge in [0.1, 0.15) is 12.2 Å². The van der Waals surface area contributed by atoms with Gasteiger partial charge in [-0.25, -0.2) is 0 Å². The lowest BCUT2D eigenvalue weighted by atomic mass is 9.80. The van der Waals surface area contributed by atoms with Crippen LogP contribution in [0.2, 0.25) is 0 Å². The van der Waals surface area contributed by atoms with Gasteiger partial charge in [-0.3, -0.25) is 0 Å². The number of rotatable bonds is 10. The van der Waals surface area contributed by atoms with E-state index < -0.39 is 35.2 Å². The average molecular weight is 527 g/mol. The van der Waals surface area contributed by atoms with E-state index >= 15 is 0 Å². The van der Waals surface area contributed by atoms with E-state index in [-0.39, 0.29) is 6.61 Å². The zero-order valence-corrected chi connectivity index (χ0v) is 20.5. The number of alkyl halides is 1. The number of aliphatic hydroxyl groups is 2. The highest BCUT2D eigenvalue weighted by molar-refractivity contribution is 9.09. The minimum Gasteiger partial charge on any atom is -0.391 e. The molecule has 6 atom stereocenters. The summed E-state index contributed by atoms with van der Waals surface area (Å²) in [5.74, 6) is -0.427. The molecule has 0 amide bonds. The summed E-state index contributed by atoms with van der Waals surface area (Å²) < 4.78 is 18.3. The third kappa shape index (κ3) is 6.54. The first-order valence-electron chi connectivity index (χ1n) is 11.6. The summed E-state index contributed by atoms with van der Waals surface area (Å²) in [4.78, 5) is -0.465. The molecule has 1 saturated carbocycles. The lowest BCUT2D eigenvalue weighted by Crippen LogP contribution is -2.61. The SMILES string of the molecule is O[C@@H]1[C@@H](OCc2ccccc2)[C@@H](Br)[C@H](O)[C@H](COCc2ccccc2)[C@H]1OCc1ccccc1. The molecule has 0 saturated heterocycles. The molecule has 2 N–H and O–H groups in total. The molecule has 0 aromatic heterocycles. The topological polar surface area (TPSA) is 68.2 Å². The first-order chi connectivity index (χ1) is 16.6. The molecule has 5 nitrogen and oxygen atoms in total. The van der Waals surface area contributed by atoms with Crippen LogP contribution < -0.4 is 0 Å². The van der Waals surface area contributed by atoms with Crippen molar-refractivity contribution >= 4 is 15.9 Å². The van der Waals surface area contributed by atoms with Crippen molar-refractivity contribution in [3.63, 3.8) is 0 Å². The zero-order valence-electron chi connectivity index (χ0n) is 18.9. The summed E-state index contributed by atoms with van der Waals surface area (Å²) in [5.41, 5.74) is 3.05. The first-order valence-corrected chi connectivity index (χ1v) is 12.5. The normalized spacial score (nSPS) is 26.9. The van der Waals surface area contributed by atoms with Crippen molar-refractivity contribution < 1.29 is 24.4 Å². The minimum absolute atomic E-state index is 0.250. The van der Waals surface area contributed by atoms with E-state index in [1.165, 1.54) is 0 Å². The van der Waals surface area contributed by atoms with Crippen LogP contribution in [0, 0.1) is 5.92 Å². The van der Waals surface area contributed by atoms with Gasteiger partial charge in [0.2, 0.25) is 0 Å². The smallest absolute Gasteiger partial charge is 0.108 e. The lowest BCUT2D eigenvalue weighted by Gasteiger charge is -2.45. The molecule has 34 heavy (non-hydrogen) atoms. The number of hydrogen-bond acceptors (Lipinski definition) is 5.